The molecular formula is C21H31N3O4. The van der Waals surface area contributed by atoms with Crippen molar-refractivity contribution in [1.82, 2.24) is 10.6 Å². The molecule has 0 spiro atoms. The van der Waals surface area contributed by atoms with Crippen molar-refractivity contribution in [1.29, 1.82) is 0 Å². The fourth-order valence-corrected chi connectivity index (χ4v) is 3.38. The topological polar surface area (TPSA) is 108 Å². The molecule has 1 aromatic rings. The second-order valence-corrected chi connectivity index (χ2v) is 7.36. The summed E-state index contributed by atoms with van der Waals surface area (Å²) in [6.07, 6.45) is 8.67. The van der Waals surface area contributed by atoms with Crippen LogP contribution < -0.4 is 16.0 Å². The van der Waals surface area contributed by atoms with Crippen LogP contribution >= 0.6 is 0 Å². The van der Waals surface area contributed by atoms with Crippen molar-refractivity contribution < 1.29 is 19.5 Å². The third-order valence-electron chi connectivity index (χ3n) is 4.90. The first-order valence-electron chi connectivity index (χ1n) is 10.2. The third-order valence-corrected chi connectivity index (χ3v) is 4.90. The molecule has 2 rings (SSSR count). The molecule has 0 aromatic heterocycles. The van der Waals surface area contributed by atoms with Gasteiger partial charge in [-0.05, 0) is 43.4 Å². The second kappa shape index (κ2) is 12.0. The zero-order chi connectivity index (χ0) is 20.2. The number of rotatable bonds is 10. The Bertz CT molecular complexity index is 640. The van der Waals surface area contributed by atoms with Crippen molar-refractivity contribution >= 4 is 23.6 Å². The molecular weight excluding hydrogens is 358 g/mol. The van der Waals surface area contributed by atoms with Crippen LogP contribution in [0.1, 0.15) is 63.4 Å². The van der Waals surface area contributed by atoms with E-state index >= 15 is 0 Å². The minimum atomic E-state index is -0.877. The summed E-state index contributed by atoms with van der Waals surface area (Å²) in [5.74, 6) is -0.938. The lowest BCUT2D eigenvalue weighted by Gasteiger charge is -2.22. The first kappa shape index (κ1) is 21.7. The van der Waals surface area contributed by atoms with Gasteiger partial charge in [0.05, 0.1) is 6.42 Å². The van der Waals surface area contributed by atoms with Gasteiger partial charge in [-0.25, -0.2) is 4.79 Å². The van der Waals surface area contributed by atoms with E-state index in [0.29, 0.717) is 30.3 Å². The SMILES string of the molecule is O=C(O)Cc1ccc(NC(=O)CCCCCNC(=O)NC2CCCCC2)cc1. The Kier molecular flexibility index (Phi) is 9.31. The van der Waals surface area contributed by atoms with Gasteiger partial charge in [-0.15, -0.1) is 0 Å². The number of carboxylic acid groups (broad SMARTS) is 1. The Morgan fingerprint density at radius 3 is 2.36 bits per heavy atom. The number of carboxylic acids is 1. The fourth-order valence-electron chi connectivity index (χ4n) is 3.38. The maximum Gasteiger partial charge on any atom is 0.315 e. The van der Waals surface area contributed by atoms with E-state index in [9.17, 15) is 14.4 Å². The summed E-state index contributed by atoms with van der Waals surface area (Å²) >= 11 is 0. The van der Waals surface area contributed by atoms with Crippen LogP contribution in [0.4, 0.5) is 10.5 Å². The van der Waals surface area contributed by atoms with Crippen LogP contribution in [-0.2, 0) is 16.0 Å². The molecule has 0 saturated heterocycles. The van der Waals surface area contributed by atoms with E-state index in [1.54, 1.807) is 24.3 Å². The number of aliphatic carboxylic acids is 1. The van der Waals surface area contributed by atoms with E-state index in [1.807, 2.05) is 0 Å². The summed E-state index contributed by atoms with van der Waals surface area (Å²) in [5, 5.41) is 17.5. The molecule has 154 valence electrons. The van der Waals surface area contributed by atoms with Crippen molar-refractivity contribution in [3.8, 4) is 0 Å². The first-order chi connectivity index (χ1) is 13.5. The Morgan fingerprint density at radius 1 is 0.964 bits per heavy atom. The lowest BCUT2D eigenvalue weighted by molar-refractivity contribution is -0.136. The summed E-state index contributed by atoms with van der Waals surface area (Å²) in [7, 11) is 0. The highest BCUT2D eigenvalue weighted by Crippen LogP contribution is 2.17. The van der Waals surface area contributed by atoms with E-state index in [4.69, 9.17) is 5.11 Å². The number of nitrogens with one attached hydrogen (secondary N) is 3. The highest BCUT2D eigenvalue weighted by Gasteiger charge is 2.15. The van der Waals surface area contributed by atoms with E-state index < -0.39 is 5.97 Å². The van der Waals surface area contributed by atoms with Crippen LogP contribution in [0.3, 0.4) is 0 Å². The van der Waals surface area contributed by atoms with Gasteiger partial charge in [0.15, 0.2) is 0 Å². The average molecular weight is 389 g/mol. The van der Waals surface area contributed by atoms with Crippen LogP contribution in [0, 0.1) is 0 Å². The normalized spacial score (nSPS) is 14.3. The van der Waals surface area contributed by atoms with Crippen LogP contribution in [0.15, 0.2) is 24.3 Å². The zero-order valence-corrected chi connectivity index (χ0v) is 16.3. The van der Waals surface area contributed by atoms with Crippen molar-refractivity contribution in [2.24, 2.45) is 0 Å². The Hall–Kier alpha value is -2.57. The third kappa shape index (κ3) is 8.88. The smallest absolute Gasteiger partial charge is 0.315 e. The second-order valence-electron chi connectivity index (χ2n) is 7.36. The largest absolute Gasteiger partial charge is 0.481 e. The van der Waals surface area contributed by atoms with Gasteiger partial charge < -0.3 is 21.1 Å². The Balaban J connectivity index is 1.51. The van der Waals surface area contributed by atoms with Gasteiger partial charge >= 0.3 is 12.0 Å². The van der Waals surface area contributed by atoms with Gasteiger partial charge in [0, 0.05) is 24.7 Å². The van der Waals surface area contributed by atoms with Gasteiger partial charge in [0.2, 0.25) is 5.91 Å². The van der Waals surface area contributed by atoms with Gasteiger partial charge in [-0.2, -0.15) is 0 Å². The Morgan fingerprint density at radius 2 is 1.68 bits per heavy atom. The number of carbonyl (C=O) groups is 3. The Labute approximate surface area is 166 Å². The summed E-state index contributed by atoms with van der Waals surface area (Å²) < 4.78 is 0. The van der Waals surface area contributed by atoms with E-state index in [2.05, 4.69) is 16.0 Å². The molecule has 1 fully saturated rings. The van der Waals surface area contributed by atoms with Gasteiger partial charge in [-0.1, -0.05) is 37.8 Å². The minimum Gasteiger partial charge on any atom is -0.481 e. The molecule has 3 amide bonds. The summed E-state index contributed by atoms with van der Waals surface area (Å²) in [6, 6.07) is 7.06. The molecule has 0 aliphatic heterocycles. The van der Waals surface area contributed by atoms with Gasteiger partial charge in [0.1, 0.15) is 0 Å². The van der Waals surface area contributed by atoms with E-state index in [1.165, 1.54) is 19.3 Å². The molecule has 28 heavy (non-hydrogen) atoms. The molecule has 0 bridgehead atoms. The van der Waals surface area contributed by atoms with Gasteiger partial charge in [0.25, 0.3) is 0 Å². The minimum absolute atomic E-state index is 0.0268. The van der Waals surface area contributed by atoms with Crippen molar-refractivity contribution in [2.75, 3.05) is 11.9 Å². The molecule has 1 aliphatic carbocycles. The summed E-state index contributed by atoms with van der Waals surface area (Å²) in [6.45, 7) is 0.616. The first-order valence-corrected chi connectivity index (χ1v) is 10.2. The molecule has 4 N–H and O–H groups in total. The molecule has 7 heteroatoms. The standard InChI is InChI=1S/C21H31N3O4/c25-19(23-18-12-10-16(11-13-18)15-20(26)27)9-5-2-6-14-22-21(28)24-17-7-3-1-4-8-17/h10-13,17H,1-9,14-15H2,(H,23,25)(H,26,27)(H2,22,24,28). The number of carbonyl (C=O) groups excluding carboxylic acids is 2. The molecule has 0 unspecified atom stereocenters. The van der Waals surface area contributed by atoms with E-state index in [-0.39, 0.29) is 18.4 Å². The number of anilines is 1. The average Bonchev–Trinajstić information content (AvgIpc) is 2.66. The van der Waals surface area contributed by atoms with Crippen LogP contribution in [0.25, 0.3) is 0 Å². The summed E-state index contributed by atoms with van der Waals surface area (Å²) in [5.41, 5.74) is 1.37. The highest BCUT2D eigenvalue weighted by atomic mass is 16.4. The predicted octanol–water partition coefficient (Wildman–Crippen LogP) is 3.44. The molecule has 0 heterocycles. The van der Waals surface area contributed by atoms with Crippen LogP contribution in [0.2, 0.25) is 0 Å². The van der Waals surface area contributed by atoms with Crippen LogP contribution in [0.5, 0.6) is 0 Å². The van der Waals surface area contributed by atoms with Crippen LogP contribution in [-0.4, -0.2) is 35.6 Å². The quantitative estimate of drug-likeness (QED) is 0.460. The lowest BCUT2D eigenvalue weighted by Crippen LogP contribution is -2.43. The molecule has 1 aliphatic rings. The number of benzene rings is 1. The number of amides is 3. The van der Waals surface area contributed by atoms with Crippen molar-refractivity contribution in [3.63, 3.8) is 0 Å². The fraction of sp³-hybridized carbons (Fsp3) is 0.571. The summed E-state index contributed by atoms with van der Waals surface area (Å²) in [4.78, 5) is 34.4. The maximum absolute atomic E-state index is 12.0. The maximum atomic E-state index is 12.0. The molecule has 1 saturated carbocycles. The molecule has 0 atom stereocenters. The number of hydrogen-bond acceptors (Lipinski definition) is 3. The molecule has 0 radical (unpaired) electrons. The van der Waals surface area contributed by atoms with E-state index in [0.717, 1.165) is 32.1 Å². The zero-order valence-electron chi connectivity index (χ0n) is 16.3. The number of urea groups is 1. The number of hydrogen-bond donors (Lipinski definition) is 4. The molecule has 1 aromatic carbocycles. The van der Waals surface area contributed by atoms with Crippen molar-refractivity contribution in [3.05, 3.63) is 29.8 Å². The predicted molar refractivity (Wildman–Crippen MR) is 108 cm³/mol. The van der Waals surface area contributed by atoms with Crippen molar-refractivity contribution in [2.45, 2.75) is 70.3 Å². The molecule has 7 nitrogen and oxygen atoms in total. The highest BCUT2D eigenvalue weighted by molar-refractivity contribution is 5.90. The van der Waals surface area contributed by atoms with Gasteiger partial charge in [-0.3, -0.25) is 9.59 Å². The lowest BCUT2D eigenvalue weighted by atomic mass is 9.96. The number of unbranched alkanes of at least 4 members (excludes halogenated alkanes) is 2. The monoisotopic (exact) mass is 389 g/mol.